The third-order valence-corrected chi connectivity index (χ3v) is 4.10. The first-order valence-corrected chi connectivity index (χ1v) is 7.27. The van der Waals surface area contributed by atoms with Crippen molar-refractivity contribution in [3.8, 4) is 0 Å². The van der Waals surface area contributed by atoms with Gasteiger partial charge in [0.1, 0.15) is 0 Å². The molecule has 0 heterocycles. The van der Waals surface area contributed by atoms with Gasteiger partial charge >= 0.3 is 0 Å². The summed E-state index contributed by atoms with van der Waals surface area (Å²) in [6.45, 7) is 0.282. The SMILES string of the molecule is CS(=O)(=O)c1ccc(C(=O)CCN)cc1Br. The Balaban J connectivity index is 3.14. The van der Waals surface area contributed by atoms with E-state index in [0.29, 0.717) is 10.0 Å². The van der Waals surface area contributed by atoms with Crippen molar-refractivity contribution < 1.29 is 13.2 Å². The highest BCUT2D eigenvalue weighted by Crippen LogP contribution is 2.23. The topological polar surface area (TPSA) is 77.2 Å². The van der Waals surface area contributed by atoms with E-state index in [1.54, 1.807) is 0 Å². The van der Waals surface area contributed by atoms with Crippen molar-refractivity contribution in [2.45, 2.75) is 11.3 Å². The molecule has 4 nitrogen and oxygen atoms in total. The molecule has 0 aliphatic rings. The fraction of sp³-hybridized carbons (Fsp3) is 0.300. The van der Waals surface area contributed by atoms with Crippen molar-refractivity contribution in [3.63, 3.8) is 0 Å². The minimum absolute atomic E-state index is 0.0942. The highest BCUT2D eigenvalue weighted by atomic mass is 79.9. The lowest BCUT2D eigenvalue weighted by atomic mass is 10.1. The Labute approximate surface area is 103 Å². The van der Waals surface area contributed by atoms with Crippen molar-refractivity contribution in [2.24, 2.45) is 5.73 Å². The molecule has 0 radical (unpaired) electrons. The van der Waals surface area contributed by atoms with Crippen LogP contribution in [0.15, 0.2) is 27.6 Å². The molecule has 0 saturated heterocycles. The van der Waals surface area contributed by atoms with E-state index in [1.807, 2.05) is 0 Å². The molecular weight excluding hydrogens is 294 g/mol. The predicted octanol–water partition coefficient (Wildman–Crippen LogP) is 1.38. The molecule has 0 aromatic heterocycles. The summed E-state index contributed by atoms with van der Waals surface area (Å²) in [4.78, 5) is 11.7. The minimum Gasteiger partial charge on any atom is -0.330 e. The fourth-order valence-corrected chi connectivity index (χ4v) is 3.24. The van der Waals surface area contributed by atoms with Crippen molar-refractivity contribution in [2.75, 3.05) is 12.8 Å². The summed E-state index contributed by atoms with van der Waals surface area (Å²) in [6, 6.07) is 4.43. The van der Waals surface area contributed by atoms with Crippen LogP contribution in [0.1, 0.15) is 16.8 Å². The summed E-state index contributed by atoms with van der Waals surface area (Å²) in [5.74, 6) is -0.0942. The highest BCUT2D eigenvalue weighted by molar-refractivity contribution is 9.10. The van der Waals surface area contributed by atoms with Gasteiger partial charge in [-0.1, -0.05) is 6.07 Å². The summed E-state index contributed by atoms with van der Waals surface area (Å²) in [7, 11) is -3.27. The van der Waals surface area contributed by atoms with Crippen molar-refractivity contribution in [1.29, 1.82) is 0 Å². The van der Waals surface area contributed by atoms with E-state index < -0.39 is 9.84 Å². The van der Waals surface area contributed by atoms with Crippen LogP contribution in [0.5, 0.6) is 0 Å². The first kappa shape index (κ1) is 13.3. The van der Waals surface area contributed by atoms with Gasteiger partial charge in [-0.05, 0) is 34.6 Å². The number of hydrogen-bond donors (Lipinski definition) is 1. The molecule has 1 aromatic rings. The molecule has 0 aliphatic carbocycles. The van der Waals surface area contributed by atoms with Crippen molar-refractivity contribution in [3.05, 3.63) is 28.2 Å². The molecule has 0 atom stereocenters. The van der Waals surface area contributed by atoms with Crippen molar-refractivity contribution in [1.82, 2.24) is 0 Å². The Bertz CT molecular complexity index is 511. The van der Waals surface area contributed by atoms with E-state index in [0.717, 1.165) is 6.26 Å². The minimum atomic E-state index is -3.27. The van der Waals surface area contributed by atoms with Crippen LogP contribution < -0.4 is 5.73 Å². The van der Waals surface area contributed by atoms with E-state index in [9.17, 15) is 13.2 Å². The number of halogens is 1. The Morgan fingerprint density at radius 3 is 2.50 bits per heavy atom. The molecule has 0 amide bonds. The van der Waals surface area contributed by atoms with Crippen LogP contribution in [0.3, 0.4) is 0 Å². The van der Waals surface area contributed by atoms with Gasteiger partial charge in [0.15, 0.2) is 15.6 Å². The van der Waals surface area contributed by atoms with Gasteiger partial charge in [-0.3, -0.25) is 4.79 Å². The maximum Gasteiger partial charge on any atom is 0.176 e. The highest BCUT2D eigenvalue weighted by Gasteiger charge is 2.14. The molecule has 0 fully saturated rings. The molecule has 88 valence electrons. The number of carbonyl (C=O) groups excluding carboxylic acids is 1. The van der Waals surface area contributed by atoms with Crippen molar-refractivity contribution >= 4 is 31.6 Å². The molecule has 2 N–H and O–H groups in total. The van der Waals surface area contributed by atoms with Crippen LogP contribution in [0.2, 0.25) is 0 Å². The number of rotatable bonds is 4. The molecule has 6 heteroatoms. The number of ketones is 1. The largest absolute Gasteiger partial charge is 0.330 e. The zero-order valence-electron chi connectivity index (χ0n) is 8.73. The molecular formula is C10H12BrNO3S. The zero-order chi connectivity index (χ0) is 12.3. The van der Waals surface area contributed by atoms with E-state index in [4.69, 9.17) is 5.73 Å². The van der Waals surface area contributed by atoms with E-state index in [2.05, 4.69) is 15.9 Å². The lowest BCUT2D eigenvalue weighted by Crippen LogP contribution is -2.08. The molecule has 16 heavy (non-hydrogen) atoms. The molecule has 1 aromatic carbocycles. The van der Waals surface area contributed by atoms with Gasteiger partial charge in [-0.2, -0.15) is 0 Å². The van der Waals surface area contributed by atoms with Gasteiger partial charge in [0, 0.05) is 22.7 Å². The average Bonchev–Trinajstić information content (AvgIpc) is 2.16. The van der Waals surface area contributed by atoms with Crippen LogP contribution >= 0.6 is 15.9 Å². The summed E-state index contributed by atoms with van der Waals surface area (Å²) in [5, 5.41) is 0. The number of carbonyl (C=O) groups is 1. The number of Topliss-reactive ketones (excluding diaryl/α,β-unsaturated/α-hetero) is 1. The standard InChI is InChI=1S/C10H12BrNO3S/c1-16(14,15)10-3-2-7(6-8(10)11)9(13)4-5-12/h2-3,6H,4-5,12H2,1H3. The van der Waals surface area contributed by atoms with Gasteiger partial charge in [-0.25, -0.2) is 8.42 Å². The van der Waals surface area contributed by atoms with Crippen LogP contribution in [-0.4, -0.2) is 27.0 Å². The Hall–Kier alpha value is -0.720. The number of hydrogen-bond acceptors (Lipinski definition) is 4. The summed E-state index contributed by atoms with van der Waals surface area (Å²) in [5.41, 5.74) is 5.74. The monoisotopic (exact) mass is 305 g/mol. The normalized spacial score (nSPS) is 11.4. The van der Waals surface area contributed by atoms with Gasteiger partial charge in [0.25, 0.3) is 0 Å². The van der Waals surface area contributed by atoms with Gasteiger partial charge in [0.2, 0.25) is 0 Å². The van der Waals surface area contributed by atoms with E-state index >= 15 is 0 Å². The molecule has 0 aliphatic heterocycles. The van der Waals surface area contributed by atoms with Crippen LogP contribution in [0.4, 0.5) is 0 Å². The summed E-state index contributed by atoms with van der Waals surface area (Å²) in [6.07, 6.45) is 1.37. The second kappa shape index (κ2) is 5.07. The van der Waals surface area contributed by atoms with Crippen LogP contribution in [0.25, 0.3) is 0 Å². The Morgan fingerprint density at radius 2 is 2.06 bits per heavy atom. The molecule has 0 saturated carbocycles. The van der Waals surface area contributed by atoms with Gasteiger partial charge in [0.05, 0.1) is 4.90 Å². The number of nitrogens with two attached hydrogens (primary N) is 1. The van der Waals surface area contributed by atoms with E-state index in [-0.39, 0.29) is 23.6 Å². The predicted molar refractivity (Wildman–Crippen MR) is 65.3 cm³/mol. The number of benzene rings is 1. The van der Waals surface area contributed by atoms with Gasteiger partial charge < -0.3 is 5.73 Å². The second-order valence-corrected chi connectivity index (χ2v) is 6.22. The third kappa shape index (κ3) is 3.13. The Morgan fingerprint density at radius 1 is 1.44 bits per heavy atom. The van der Waals surface area contributed by atoms with Gasteiger partial charge in [-0.15, -0.1) is 0 Å². The van der Waals surface area contributed by atoms with Crippen LogP contribution in [-0.2, 0) is 9.84 Å². The molecule has 0 spiro atoms. The zero-order valence-corrected chi connectivity index (χ0v) is 11.1. The molecule has 1 rings (SSSR count). The molecule has 0 unspecified atom stereocenters. The smallest absolute Gasteiger partial charge is 0.176 e. The lowest BCUT2D eigenvalue weighted by Gasteiger charge is -2.04. The first-order valence-electron chi connectivity index (χ1n) is 4.59. The Kier molecular flexibility index (Phi) is 4.23. The second-order valence-electron chi connectivity index (χ2n) is 3.38. The first-order chi connectivity index (χ1) is 7.36. The van der Waals surface area contributed by atoms with E-state index in [1.165, 1.54) is 18.2 Å². The molecule has 0 bridgehead atoms. The maximum atomic E-state index is 11.5. The fourth-order valence-electron chi connectivity index (χ4n) is 1.25. The van der Waals surface area contributed by atoms with Crippen LogP contribution in [0, 0.1) is 0 Å². The quantitative estimate of drug-likeness (QED) is 0.853. The number of sulfone groups is 1. The summed E-state index contributed by atoms with van der Waals surface area (Å²) >= 11 is 3.14. The maximum absolute atomic E-state index is 11.5. The lowest BCUT2D eigenvalue weighted by molar-refractivity contribution is 0.0985. The summed E-state index contributed by atoms with van der Waals surface area (Å²) < 4.78 is 23.1. The third-order valence-electron chi connectivity index (χ3n) is 2.02. The average molecular weight is 306 g/mol.